The zero-order valence-corrected chi connectivity index (χ0v) is 14.2. The van der Waals surface area contributed by atoms with Crippen LogP contribution in [0.3, 0.4) is 0 Å². The van der Waals surface area contributed by atoms with Gasteiger partial charge in [-0.2, -0.15) is 0 Å². The molecule has 0 aliphatic heterocycles. The highest BCUT2D eigenvalue weighted by atomic mass is 16.6. The van der Waals surface area contributed by atoms with Crippen LogP contribution in [0.1, 0.15) is 20.8 Å². The molecule has 0 spiro atoms. The molecule has 0 aromatic carbocycles. The summed E-state index contributed by atoms with van der Waals surface area (Å²) in [6, 6.07) is -0.655. The van der Waals surface area contributed by atoms with Crippen LogP contribution in [0.4, 0.5) is 4.79 Å². The highest BCUT2D eigenvalue weighted by Crippen LogP contribution is 2.15. The van der Waals surface area contributed by atoms with Gasteiger partial charge < -0.3 is 11.1 Å². The van der Waals surface area contributed by atoms with Crippen LogP contribution >= 0.6 is 0 Å². The van der Waals surface area contributed by atoms with Gasteiger partial charge >= 0.3 is 6.03 Å². The molecule has 0 aliphatic rings. The number of hydrogen-bond acceptors (Lipinski definition) is 4. The number of hydroxylamine groups is 1. The highest BCUT2D eigenvalue weighted by molar-refractivity contribution is 6.15. The van der Waals surface area contributed by atoms with E-state index in [0.29, 0.717) is 17.0 Å². The lowest BCUT2D eigenvalue weighted by Gasteiger charge is -2.13. The molecule has 0 bridgehead atoms. The van der Waals surface area contributed by atoms with E-state index in [1.807, 2.05) is 13.0 Å². The molecule has 0 rings (SSSR count). The molecule has 3 amide bonds. The first kappa shape index (κ1) is 20.3. The van der Waals surface area contributed by atoms with Crippen molar-refractivity contribution in [3.63, 3.8) is 0 Å². The maximum atomic E-state index is 11.7. The van der Waals surface area contributed by atoms with Gasteiger partial charge in [-0.1, -0.05) is 18.7 Å². The van der Waals surface area contributed by atoms with Gasteiger partial charge in [0, 0.05) is 23.9 Å². The number of nitrogens with one attached hydrogen (secondary N) is 2. The van der Waals surface area contributed by atoms with E-state index in [0.717, 1.165) is 5.57 Å². The molecule has 0 fully saturated rings. The monoisotopic (exact) mass is 320 g/mol. The fourth-order valence-corrected chi connectivity index (χ4v) is 1.76. The van der Waals surface area contributed by atoms with Crippen molar-refractivity contribution in [2.45, 2.75) is 20.8 Å². The van der Waals surface area contributed by atoms with Gasteiger partial charge in [-0.3, -0.25) is 14.6 Å². The normalized spacial score (nSPS) is 13.6. The first-order valence-electron chi connectivity index (χ1n) is 6.86. The van der Waals surface area contributed by atoms with E-state index in [4.69, 9.17) is 5.73 Å². The van der Waals surface area contributed by atoms with E-state index in [-0.39, 0.29) is 5.57 Å². The number of nitrogens with two attached hydrogens (primary N) is 1. The molecule has 7 heteroatoms. The molecule has 0 aliphatic carbocycles. The number of carbonyl (C=O) groups excluding carboxylic acids is 2. The topological polar surface area (TPSA) is 106 Å². The van der Waals surface area contributed by atoms with Gasteiger partial charge in [-0.05, 0) is 32.4 Å². The average molecular weight is 320 g/mol. The molecule has 0 saturated heterocycles. The Morgan fingerprint density at radius 3 is 2.35 bits per heavy atom. The second kappa shape index (κ2) is 10.1. The number of allylic oxidation sites excluding steroid dienone is 5. The lowest BCUT2D eigenvalue weighted by atomic mass is 9.99. The number of aliphatic imine (C=N–C) groups is 1. The third-order valence-electron chi connectivity index (χ3n) is 2.89. The third-order valence-corrected chi connectivity index (χ3v) is 2.89. The van der Waals surface area contributed by atoms with Crippen molar-refractivity contribution >= 4 is 17.6 Å². The average Bonchev–Trinajstić information content (AvgIpc) is 2.47. The Morgan fingerprint density at radius 1 is 1.30 bits per heavy atom. The van der Waals surface area contributed by atoms with Crippen LogP contribution < -0.4 is 16.5 Å². The van der Waals surface area contributed by atoms with Gasteiger partial charge in [-0.15, -0.1) is 0 Å². The predicted octanol–water partition coefficient (Wildman–Crippen LogP) is 1.76. The van der Waals surface area contributed by atoms with Gasteiger partial charge in [0.05, 0.1) is 12.8 Å². The minimum absolute atomic E-state index is 0.203. The van der Waals surface area contributed by atoms with Crippen molar-refractivity contribution < 1.29 is 14.4 Å². The van der Waals surface area contributed by atoms with Crippen molar-refractivity contribution in [1.29, 1.82) is 0 Å². The lowest BCUT2D eigenvalue weighted by Crippen LogP contribution is -2.29. The summed E-state index contributed by atoms with van der Waals surface area (Å²) in [5, 5.41) is 2.52. The van der Waals surface area contributed by atoms with E-state index in [1.54, 1.807) is 33.0 Å². The third kappa shape index (κ3) is 6.75. The SMILES string of the molecule is C=C(/C=C(\C=C/C)C(=N/C)/C(C)=C(\C)NC(N)=O)C(=O)NOC. The molecule has 0 aromatic heterocycles. The van der Waals surface area contributed by atoms with Gasteiger partial charge in [0.15, 0.2) is 0 Å². The molecule has 7 nitrogen and oxygen atoms in total. The minimum Gasteiger partial charge on any atom is -0.351 e. The van der Waals surface area contributed by atoms with E-state index >= 15 is 0 Å². The summed E-state index contributed by atoms with van der Waals surface area (Å²) in [6.07, 6.45) is 5.18. The first-order valence-corrected chi connectivity index (χ1v) is 6.86. The number of carbonyl (C=O) groups is 2. The summed E-state index contributed by atoms with van der Waals surface area (Å²) in [5.74, 6) is -0.460. The lowest BCUT2D eigenvalue weighted by molar-refractivity contribution is -0.126. The standard InChI is InChI=1S/C16H24N4O3/c1-7-8-13(9-10(2)15(21)20-23-6)14(18-5)11(3)12(4)19-16(17)22/h7-9H,2H2,1,3-6H3,(H,20,21)(H3,17,19,22)/b8-7-,12-11+,13-9+,18-14+. The number of primary amides is 1. The zero-order valence-electron chi connectivity index (χ0n) is 14.2. The van der Waals surface area contributed by atoms with Crippen LogP contribution in [-0.2, 0) is 9.63 Å². The summed E-state index contributed by atoms with van der Waals surface area (Å²) < 4.78 is 0. The van der Waals surface area contributed by atoms with Crippen molar-refractivity contribution in [3.05, 3.63) is 47.2 Å². The van der Waals surface area contributed by atoms with Crippen molar-refractivity contribution in [1.82, 2.24) is 10.8 Å². The van der Waals surface area contributed by atoms with Crippen LogP contribution in [-0.4, -0.2) is 31.8 Å². The van der Waals surface area contributed by atoms with Crippen molar-refractivity contribution in [2.75, 3.05) is 14.2 Å². The van der Waals surface area contributed by atoms with Crippen LogP contribution in [0.5, 0.6) is 0 Å². The van der Waals surface area contributed by atoms with Crippen LogP contribution in [0, 0.1) is 0 Å². The largest absolute Gasteiger partial charge is 0.351 e. The molecule has 0 saturated carbocycles. The maximum Gasteiger partial charge on any atom is 0.316 e. The molecule has 4 N–H and O–H groups in total. The molecule has 0 atom stereocenters. The highest BCUT2D eigenvalue weighted by Gasteiger charge is 2.12. The van der Waals surface area contributed by atoms with Crippen molar-refractivity contribution in [2.24, 2.45) is 10.7 Å². The van der Waals surface area contributed by atoms with E-state index in [9.17, 15) is 9.59 Å². The van der Waals surface area contributed by atoms with Crippen LogP contribution in [0.15, 0.2) is 52.2 Å². The van der Waals surface area contributed by atoms with Crippen LogP contribution in [0.25, 0.3) is 0 Å². The molecule has 23 heavy (non-hydrogen) atoms. The predicted molar refractivity (Wildman–Crippen MR) is 91.6 cm³/mol. The molecule has 0 heterocycles. The molecular weight excluding hydrogens is 296 g/mol. The van der Waals surface area contributed by atoms with Crippen molar-refractivity contribution in [3.8, 4) is 0 Å². The molecule has 0 radical (unpaired) electrons. The Bertz CT molecular complexity index is 598. The van der Waals surface area contributed by atoms with Gasteiger partial charge in [-0.25, -0.2) is 10.3 Å². The van der Waals surface area contributed by atoms with Gasteiger partial charge in [0.25, 0.3) is 5.91 Å². The Hall–Kier alpha value is -2.67. The van der Waals surface area contributed by atoms with E-state index < -0.39 is 11.9 Å². The molecule has 126 valence electrons. The Balaban J connectivity index is 5.78. The molecule has 0 aromatic rings. The number of urea groups is 1. The molecule has 0 unspecified atom stereocenters. The maximum absolute atomic E-state index is 11.7. The number of nitrogens with zero attached hydrogens (tertiary/aromatic N) is 1. The fraction of sp³-hybridized carbons (Fsp3) is 0.312. The smallest absolute Gasteiger partial charge is 0.316 e. The summed E-state index contributed by atoms with van der Waals surface area (Å²) in [7, 11) is 2.96. The zero-order chi connectivity index (χ0) is 18.0. The quantitative estimate of drug-likeness (QED) is 0.288. The summed E-state index contributed by atoms with van der Waals surface area (Å²) in [5.41, 5.74) is 10.1. The number of hydrogen-bond donors (Lipinski definition) is 3. The Morgan fingerprint density at radius 2 is 1.91 bits per heavy atom. The first-order chi connectivity index (χ1) is 10.8. The number of rotatable bonds is 7. The number of amides is 3. The van der Waals surface area contributed by atoms with Gasteiger partial charge in [0.2, 0.25) is 0 Å². The summed E-state index contributed by atoms with van der Waals surface area (Å²) >= 11 is 0. The second-order valence-corrected chi connectivity index (χ2v) is 4.57. The van der Waals surface area contributed by atoms with E-state index in [2.05, 4.69) is 27.2 Å². The van der Waals surface area contributed by atoms with Gasteiger partial charge in [0.1, 0.15) is 0 Å². The minimum atomic E-state index is -0.655. The Labute approximate surface area is 136 Å². The molecular formula is C16H24N4O3. The van der Waals surface area contributed by atoms with Crippen LogP contribution in [0.2, 0.25) is 0 Å². The second-order valence-electron chi connectivity index (χ2n) is 4.57. The van der Waals surface area contributed by atoms with E-state index in [1.165, 1.54) is 7.11 Å². The Kier molecular flexibility index (Phi) is 8.95. The summed E-state index contributed by atoms with van der Waals surface area (Å²) in [4.78, 5) is 31.5. The summed E-state index contributed by atoms with van der Waals surface area (Å²) in [6.45, 7) is 9.05. The fourth-order valence-electron chi connectivity index (χ4n) is 1.76.